The van der Waals surface area contributed by atoms with Gasteiger partial charge in [0, 0.05) is 26.3 Å². The normalized spacial score (nSPS) is 17.7. The smallest absolute Gasteiger partial charge is 0.450 e. The van der Waals surface area contributed by atoms with Gasteiger partial charge in [-0.25, -0.2) is 17.9 Å². The van der Waals surface area contributed by atoms with E-state index in [-0.39, 0.29) is 12.0 Å². The molecule has 0 unspecified atom stereocenters. The van der Waals surface area contributed by atoms with E-state index < -0.39 is 16.2 Å². The molecule has 1 fully saturated rings. The van der Waals surface area contributed by atoms with E-state index >= 15 is 0 Å². The molecule has 0 radical (unpaired) electrons. The Morgan fingerprint density at radius 2 is 1.77 bits per heavy atom. The molecule has 0 saturated heterocycles. The zero-order valence-electron chi connectivity index (χ0n) is 15.3. The average molecular weight is 531 g/mol. The number of rotatable bonds is 5. The number of thiophene rings is 1. The molecule has 10 heteroatoms. The second kappa shape index (κ2) is 9.49. The van der Waals surface area contributed by atoms with Gasteiger partial charge in [0.2, 0.25) is 10.0 Å². The summed E-state index contributed by atoms with van der Waals surface area (Å²) < 4.78 is 29.6. The van der Waals surface area contributed by atoms with Crippen LogP contribution in [0.1, 0.15) is 17.9 Å². The Morgan fingerprint density at radius 1 is 1.10 bits per heavy atom. The molecule has 2 aromatic carbocycles. The lowest BCUT2D eigenvalue weighted by Gasteiger charge is -2.05. The van der Waals surface area contributed by atoms with Gasteiger partial charge >= 0.3 is 6.16 Å². The molecular formula is C20H17BrClNO5S2. The molecule has 1 aromatic heterocycles. The Balaban J connectivity index is 0.000000589. The molecular weight excluding hydrogens is 514 g/mol. The lowest BCUT2D eigenvalue weighted by Crippen LogP contribution is -2.26. The van der Waals surface area contributed by atoms with Gasteiger partial charge in [-0.3, -0.25) is 0 Å². The fourth-order valence-electron chi connectivity index (χ4n) is 2.92. The van der Waals surface area contributed by atoms with E-state index in [0.29, 0.717) is 9.23 Å². The molecule has 0 amide bonds. The average Bonchev–Trinajstić information content (AvgIpc) is 3.22. The Hall–Kier alpha value is -1.91. The van der Waals surface area contributed by atoms with Crippen molar-refractivity contribution in [3.05, 3.63) is 75.7 Å². The first kappa shape index (κ1) is 22.8. The first-order valence-electron chi connectivity index (χ1n) is 8.71. The van der Waals surface area contributed by atoms with Crippen LogP contribution in [0.15, 0.2) is 69.3 Å². The molecule has 1 aliphatic rings. The number of nitrogens with one attached hydrogen (secondary N) is 1. The van der Waals surface area contributed by atoms with E-state index in [2.05, 4.69) is 20.7 Å². The number of benzene rings is 2. The second-order valence-electron chi connectivity index (χ2n) is 6.53. The van der Waals surface area contributed by atoms with Crippen molar-refractivity contribution in [2.45, 2.75) is 22.6 Å². The van der Waals surface area contributed by atoms with Gasteiger partial charge in [-0.1, -0.05) is 51.8 Å². The van der Waals surface area contributed by atoms with Gasteiger partial charge in [-0.2, -0.15) is 0 Å². The Kier molecular flexibility index (Phi) is 7.20. The summed E-state index contributed by atoms with van der Waals surface area (Å²) in [6.07, 6.45) is -1.01. The molecule has 158 valence electrons. The van der Waals surface area contributed by atoms with Gasteiger partial charge < -0.3 is 10.2 Å². The summed E-state index contributed by atoms with van der Waals surface area (Å²) in [5.74, 6) is 0.234. The van der Waals surface area contributed by atoms with E-state index in [1.54, 1.807) is 18.2 Å². The minimum atomic E-state index is -3.51. The van der Waals surface area contributed by atoms with E-state index in [4.69, 9.17) is 26.6 Å². The number of sulfonamides is 1. The summed E-state index contributed by atoms with van der Waals surface area (Å²) in [7, 11) is -3.51. The molecule has 1 saturated carbocycles. The molecule has 1 aliphatic carbocycles. The van der Waals surface area contributed by atoms with Crippen molar-refractivity contribution in [2.24, 2.45) is 0 Å². The van der Waals surface area contributed by atoms with E-state index in [9.17, 15) is 8.42 Å². The first-order chi connectivity index (χ1) is 14.2. The Bertz CT molecular complexity index is 1140. The Labute approximate surface area is 191 Å². The predicted octanol–water partition coefficient (Wildman–Crippen LogP) is 5.89. The minimum absolute atomic E-state index is 0.0459. The number of hydrogen-bond donors (Lipinski definition) is 3. The lowest BCUT2D eigenvalue weighted by molar-refractivity contribution is 0.137. The highest BCUT2D eigenvalue weighted by atomic mass is 79.9. The molecule has 4 rings (SSSR count). The zero-order chi connectivity index (χ0) is 21.9. The van der Waals surface area contributed by atoms with Crippen molar-refractivity contribution in [1.29, 1.82) is 0 Å². The van der Waals surface area contributed by atoms with Crippen LogP contribution in [0.4, 0.5) is 4.79 Å². The molecule has 0 spiro atoms. The predicted molar refractivity (Wildman–Crippen MR) is 121 cm³/mol. The van der Waals surface area contributed by atoms with Crippen molar-refractivity contribution >= 4 is 55.0 Å². The minimum Gasteiger partial charge on any atom is -0.450 e. The molecule has 1 heterocycles. The number of halogens is 2. The number of carbonyl (C=O) groups is 1. The standard InChI is InChI=1S/C19H15BrClNO2S2.CH2O3/c20-14-3-1-2-13(10-14)16-11-17(16)22-26(23,24)19-9-8-18(25-19)12-4-6-15(21)7-5-12;2-1(3)4/h1-10,16-17,22H,11H2;(H2,2,3,4)/t16-,17+;/m0./s1. The lowest BCUT2D eigenvalue weighted by atomic mass is 10.1. The SMILES string of the molecule is O=C(O)O.O=S(=O)(N[C@@H]1C[C@H]1c1cccc(Br)c1)c1ccc(-c2ccc(Cl)cc2)s1. The Morgan fingerprint density at radius 3 is 2.40 bits per heavy atom. The maximum atomic E-state index is 12.7. The summed E-state index contributed by atoms with van der Waals surface area (Å²) in [6, 6.07) is 18.9. The van der Waals surface area contributed by atoms with Crippen LogP contribution in [0, 0.1) is 0 Å². The molecule has 0 aliphatic heterocycles. The monoisotopic (exact) mass is 529 g/mol. The number of carboxylic acid groups (broad SMARTS) is 2. The van der Waals surface area contributed by atoms with Gasteiger partial charge in [-0.05, 0) is 53.9 Å². The van der Waals surface area contributed by atoms with Crippen LogP contribution >= 0.6 is 38.9 Å². The van der Waals surface area contributed by atoms with E-state index in [1.807, 2.05) is 42.5 Å². The summed E-state index contributed by atoms with van der Waals surface area (Å²) >= 11 is 10.6. The summed E-state index contributed by atoms with van der Waals surface area (Å²) in [5.41, 5.74) is 2.11. The van der Waals surface area contributed by atoms with Crippen molar-refractivity contribution < 1.29 is 23.4 Å². The first-order valence-corrected chi connectivity index (χ1v) is 12.2. The highest BCUT2D eigenvalue weighted by Crippen LogP contribution is 2.42. The fourth-order valence-corrected chi connectivity index (χ4v) is 6.08. The topological polar surface area (TPSA) is 104 Å². The fraction of sp³-hybridized carbons (Fsp3) is 0.150. The van der Waals surface area contributed by atoms with Crippen molar-refractivity contribution in [3.8, 4) is 10.4 Å². The van der Waals surface area contributed by atoms with Gasteiger partial charge in [0.15, 0.2) is 0 Å². The van der Waals surface area contributed by atoms with Crippen LogP contribution in [0.2, 0.25) is 5.02 Å². The third kappa shape index (κ3) is 6.05. The summed E-state index contributed by atoms with van der Waals surface area (Å²) in [6.45, 7) is 0. The molecule has 3 N–H and O–H groups in total. The van der Waals surface area contributed by atoms with Gasteiger partial charge in [0.1, 0.15) is 4.21 Å². The van der Waals surface area contributed by atoms with Gasteiger partial charge in [0.25, 0.3) is 0 Å². The van der Waals surface area contributed by atoms with Crippen molar-refractivity contribution in [2.75, 3.05) is 0 Å². The quantitative estimate of drug-likeness (QED) is 0.382. The maximum absolute atomic E-state index is 12.7. The van der Waals surface area contributed by atoms with E-state index in [1.165, 1.54) is 11.3 Å². The second-order valence-corrected chi connectivity index (χ2v) is 10.9. The largest absolute Gasteiger partial charge is 0.503 e. The third-order valence-electron chi connectivity index (χ3n) is 4.35. The van der Waals surface area contributed by atoms with Crippen LogP contribution in [0.3, 0.4) is 0 Å². The summed E-state index contributed by atoms with van der Waals surface area (Å²) in [5, 5.41) is 14.6. The third-order valence-corrected chi connectivity index (χ3v) is 8.21. The summed E-state index contributed by atoms with van der Waals surface area (Å²) in [4.78, 5) is 9.46. The number of hydrogen-bond acceptors (Lipinski definition) is 4. The molecule has 6 nitrogen and oxygen atoms in total. The van der Waals surface area contributed by atoms with Crippen LogP contribution in [0.25, 0.3) is 10.4 Å². The highest BCUT2D eigenvalue weighted by molar-refractivity contribution is 9.10. The van der Waals surface area contributed by atoms with Crippen LogP contribution in [-0.2, 0) is 10.0 Å². The van der Waals surface area contributed by atoms with Gasteiger partial charge in [0.05, 0.1) is 0 Å². The molecule has 30 heavy (non-hydrogen) atoms. The zero-order valence-corrected chi connectivity index (χ0v) is 19.3. The van der Waals surface area contributed by atoms with Crippen LogP contribution in [-0.4, -0.2) is 30.8 Å². The highest BCUT2D eigenvalue weighted by Gasteiger charge is 2.41. The van der Waals surface area contributed by atoms with E-state index in [0.717, 1.165) is 26.9 Å². The van der Waals surface area contributed by atoms with Crippen molar-refractivity contribution in [3.63, 3.8) is 0 Å². The maximum Gasteiger partial charge on any atom is 0.503 e. The molecule has 3 aromatic rings. The van der Waals surface area contributed by atoms with Crippen molar-refractivity contribution in [1.82, 2.24) is 4.72 Å². The molecule has 2 atom stereocenters. The van der Waals surface area contributed by atoms with Gasteiger partial charge in [-0.15, -0.1) is 11.3 Å². The van der Waals surface area contributed by atoms with Crippen LogP contribution in [0.5, 0.6) is 0 Å². The van der Waals surface area contributed by atoms with Crippen LogP contribution < -0.4 is 4.72 Å². The molecule has 0 bridgehead atoms.